The van der Waals surface area contributed by atoms with Gasteiger partial charge in [0.2, 0.25) is 11.7 Å². The van der Waals surface area contributed by atoms with Gasteiger partial charge in [0, 0.05) is 22.1 Å². The summed E-state index contributed by atoms with van der Waals surface area (Å²) in [6.45, 7) is 1.93. The van der Waals surface area contributed by atoms with Crippen LogP contribution in [-0.2, 0) is 12.3 Å². The van der Waals surface area contributed by atoms with Crippen LogP contribution in [0.4, 0.5) is 8.78 Å². The number of alkyl halides is 1. The predicted molar refractivity (Wildman–Crippen MR) is 77.3 cm³/mol. The van der Waals surface area contributed by atoms with E-state index in [9.17, 15) is 8.78 Å². The van der Waals surface area contributed by atoms with Crippen molar-refractivity contribution in [3.05, 3.63) is 51.6 Å². The number of halogens is 4. The van der Waals surface area contributed by atoms with Gasteiger partial charge in [-0.1, -0.05) is 22.9 Å². The van der Waals surface area contributed by atoms with E-state index in [2.05, 4.69) is 20.9 Å². The Balaban J connectivity index is 2.39. The maximum absolute atomic E-state index is 13.7. The Hall–Kier alpha value is -1.20. The quantitative estimate of drug-likeness (QED) is 0.550. The lowest BCUT2D eigenvalue weighted by atomic mass is 10.2. The molecule has 0 fully saturated rings. The summed E-state index contributed by atoms with van der Waals surface area (Å²) in [5.41, 5.74) is 1.58. The number of aryl methyl sites for hydroxylation is 1. The number of ether oxygens (including phenoxy) is 1. The minimum Gasteiger partial charge on any atom is -0.436 e. The topological polar surface area (TPSA) is 22.1 Å². The molecule has 0 aliphatic carbocycles. The average Bonchev–Trinajstić information content (AvgIpc) is 2.43. The van der Waals surface area contributed by atoms with Crippen LogP contribution in [0.5, 0.6) is 11.6 Å². The second-order valence-corrected chi connectivity index (χ2v) is 5.28. The first-order valence-electron chi connectivity index (χ1n) is 5.91. The number of hydrogen-bond acceptors (Lipinski definition) is 2. The molecule has 2 nitrogen and oxygen atoms in total. The molecule has 0 saturated carbocycles. The van der Waals surface area contributed by atoms with Gasteiger partial charge in [-0.2, -0.15) is 4.39 Å². The summed E-state index contributed by atoms with van der Waals surface area (Å²) in [6, 6.07) is 5.82. The van der Waals surface area contributed by atoms with E-state index in [0.29, 0.717) is 16.8 Å². The normalized spacial score (nSPS) is 10.7. The van der Waals surface area contributed by atoms with Crippen molar-refractivity contribution in [1.29, 1.82) is 0 Å². The first kappa shape index (κ1) is 15.2. The zero-order chi connectivity index (χ0) is 14.7. The maximum atomic E-state index is 13.7. The summed E-state index contributed by atoms with van der Waals surface area (Å²) in [5.74, 6) is -1.78. The molecule has 1 aromatic heterocycles. The van der Waals surface area contributed by atoms with Crippen LogP contribution < -0.4 is 4.74 Å². The summed E-state index contributed by atoms with van der Waals surface area (Å²) in [7, 11) is 0. The van der Waals surface area contributed by atoms with Crippen molar-refractivity contribution in [1.82, 2.24) is 4.98 Å². The summed E-state index contributed by atoms with van der Waals surface area (Å²) in [6.07, 6.45) is 0.691. The molecule has 1 heterocycles. The second kappa shape index (κ2) is 6.50. The van der Waals surface area contributed by atoms with Crippen LogP contribution in [0.25, 0.3) is 0 Å². The second-order valence-electron chi connectivity index (χ2n) is 4.09. The standard InChI is InChI=1S/C14H11BrClF2NO/c1-2-10-3-8(7-16)4-13(19-10)20-12-6-9(15)5-11(17)14(12)18/h3-6H,2,7H2,1H3. The third-order valence-corrected chi connectivity index (χ3v) is 3.37. The molecule has 0 unspecified atom stereocenters. The fourth-order valence-corrected chi connectivity index (χ4v) is 2.21. The van der Waals surface area contributed by atoms with Crippen molar-refractivity contribution < 1.29 is 13.5 Å². The number of benzene rings is 1. The lowest BCUT2D eigenvalue weighted by Gasteiger charge is -2.09. The molecule has 0 aliphatic rings. The third-order valence-electron chi connectivity index (χ3n) is 2.61. The molecule has 1 aromatic carbocycles. The molecule has 2 aromatic rings. The molecule has 0 spiro atoms. The largest absolute Gasteiger partial charge is 0.436 e. The zero-order valence-corrected chi connectivity index (χ0v) is 12.9. The highest BCUT2D eigenvalue weighted by Crippen LogP contribution is 2.29. The van der Waals surface area contributed by atoms with Crippen molar-refractivity contribution in [2.45, 2.75) is 19.2 Å². The van der Waals surface area contributed by atoms with Crippen LogP contribution in [-0.4, -0.2) is 4.98 Å². The number of hydrogen-bond donors (Lipinski definition) is 0. The monoisotopic (exact) mass is 361 g/mol. The maximum Gasteiger partial charge on any atom is 0.219 e. The molecule has 20 heavy (non-hydrogen) atoms. The Morgan fingerprint density at radius 2 is 2.00 bits per heavy atom. The fraction of sp³-hybridized carbons (Fsp3) is 0.214. The predicted octanol–water partition coefficient (Wildman–Crippen LogP) is 5.22. The highest BCUT2D eigenvalue weighted by Gasteiger charge is 2.13. The molecular formula is C14H11BrClF2NO. The van der Waals surface area contributed by atoms with Crippen LogP contribution in [0, 0.1) is 11.6 Å². The minimum absolute atomic E-state index is 0.191. The third kappa shape index (κ3) is 3.46. The molecule has 106 valence electrons. The van der Waals surface area contributed by atoms with E-state index in [4.69, 9.17) is 16.3 Å². The van der Waals surface area contributed by atoms with E-state index in [-0.39, 0.29) is 11.6 Å². The van der Waals surface area contributed by atoms with Crippen LogP contribution in [0.15, 0.2) is 28.7 Å². The lowest BCUT2D eigenvalue weighted by molar-refractivity contribution is 0.403. The molecule has 6 heteroatoms. The van der Waals surface area contributed by atoms with Gasteiger partial charge >= 0.3 is 0 Å². The van der Waals surface area contributed by atoms with Crippen molar-refractivity contribution in [3.8, 4) is 11.6 Å². The van der Waals surface area contributed by atoms with E-state index < -0.39 is 11.6 Å². The van der Waals surface area contributed by atoms with Crippen LogP contribution in [0.2, 0.25) is 0 Å². The number of pyridine rings is 1. The van der Waals surface area contributed by atoms with Gasteiger partial charge in [0.05, 0.1) is 0 Å². The molecule has 0 saturated heterocycles. The van der Waals surface area contributed by atoms with Gasteiger partial charge in [0.15, 0.2) is 11.6 Å². The molecule has 0 N–H and O–H groups in total. The number of nitrogens with zero attached hydrogens (tertiary/aromatic N) is 1. The molecule has 0 bridgehead atoms. The summed E-state index contributed by atoms with van der Waals surface area (Å²) >= 11 is 8.88. The van der Waals surface area contributed by atoms with E-state index in [0.717, 1.165) is 17.3 Å². The van der Waals surface area contributed by atoms with Gasteiger partial charge in [-0.3, -0.25) is 0 Å². The highest BCUT2D eigenvalue weighted by atomic mass is 79.9. The molecule has 0 atom stereocenters. The molecule has 2 rings (SSSR count). The van der Waals surface area contributed by atoms with Gasteiger partial charge in [-0.25, -0.2) is 9.37 Å². The Morgan fingerprint density at radius 3 is 2.65 bits per heavy atom. The SMILES string of the molecule is CCc1cc(CCl)cc(Oc2cc(Br)cc(F)c2F)n1. The first-order valence-corrected chi connectivity index (χ1v) is 7.24. The molecule has 0 radical (unpaired) electrons. The first-order chi connectivity index (χ1) is 9.53. The minimum atomic E-state index is -1.05. The highest BCUT2D eigenvalue weighted by molar-refractivity contribution is 9.10. The summed E-state index contributed by atoms with van der Waals surface area (Å²) < 4.78 is 32.7. The fourth-order valence-electron chi connectivity index (χ4n) is 1.65. The zero-order valence-electron chi connectivity index (χ0n) is 10.6. The van der Waals surface area contributed by atoms with Crippen molar-refractivity contribution in [2.24, 2.45) is 0 Å². The van der Waals surface area contributed by atoms with Crippen molar-refractivity contribution >= 4 is 27.5 Å². The van der Waals surface area contributed by atoms with E-state index in [1.165, 1.54) is 6.07 Å². The summed E-state index contributed by atoms with van der Waals surface area (Å²) in [5, 5.41) is 0. The van der Waals surface area contributed by atoms with Gasteiger partial charge < -0.3 is 4.74 Å². The van der Waals surface area contributed by atoms with Gasteiger partial charge in [0.25, 0.3) is 0 Å². The van der Waals surface area contributed by atoms with E-state index in [1.54, 1.807) is 6.07 Å². The molecule has 0 amide bonds. The van der Waals surface area contributed by atoms with E-state index in [1.807, 2.05) is 13.0 Å². The van der Waals surface area contributed by atoms with Gasteiger partial charge in [-0.15, -0.1) is 11.6 Å². The molecule has 0 aliphatic heterocycles. The van der Waals surface area contributed by atoms with E-state index >= 15 is 0 Å². The van der Waals surface area contributed by atoms with Crippen LogP contribution >= 0.6 is 27.5 Å². The Labute approximate surface area is 128 Å². The van der Waals surface area contributed by atoms with Gasteiger partial charge in [-0.05, 0) is 30.2 Å². The molecular weight excluding hydrogens is 352 g/mol. The van der Waals surface area contributed by atoms with Crippen LogP contribution in [0.3, 0.4) is 0 Å². The average molecular weight is 363 g/mol. The van der Waals surface area contributed by atoms with Crippen LogP contribution in [0.1, 0.15) is 18.2 Å². The lowest BCUT2D eigenvalue weighted by Crippen LogP contribution is -1.97. The van der Waals surface area contributed by atoms with Crippen molar-refractivity contribution in [3.63, 3.8) is 0 Å². The Kier molecular flexibility index (Phi) is 4.94. The smallest absolute Gasteiger partial charge is 0.219 e. The van der Waals surface area contributed by atoms with Gasteiger partial charge in [0.1, 0.15) is 0 Å². The Morgan fingerprint density at radius 1 is 1.25 bits per heavy atom. The number of aromatic nitrogens is 1. The Bertz CT molecular complexity index is 615. The summed E-state index contributed by atoms with van der Waals surface area (Å²) in [4.78, 5) is 4.21. The van der Waals surface area contributed by atoms with Crippen molar-refractivity contribution in [2.75, 3.05) is 0 Å². The number of rotatable bonds is 4.